The fourth-order valence-electron chi connectivity index (χ4n) is 2.65. The Morgan fingerprint density at radius 2 is 1.93 bits per heavy atom. The van der Waals surface area contributed by atoms with E-state index in [0.29, 0.717) is 11.5 Å². The van der Waals surface area contributed by atoms with E-state index >= 15 is 0 Å². The van der Waals surface area contributed by atoms with Gasteiger partial charge in [0.25, 0.3) is 11.8 Å². The number of hydrogen-bond acceptors (Lipinski definition) is 7. The number of esters is 1. The second kappa shape index (κ2) is 9.13. The zero-order valence-electron chi connectivity index (χ0n) is 16.1. The number of benzene rings is 1. The number of carbonyl (C=O) groups excluding carboxylic acids is 3. The third kappa shape index (κ3) is 5.28. The molecule has 9 heteroatoms. The van der Waals surface area contributed by atoms with Crippen LogP contribution in [-0.4, -0.2) is 37.2 Å². The molecule has 154 valence electrons. The molecule has 1 aliphatic rings. The number of hydrogen-bond donors (Lipinski definition) is 2. The second-order valence-corrected chi connectivity index (χ2v) is 6.74. The topological polar surface area (TPSA) is 116 Å². The number of fused-ring (bicyclic) bond motifs is 1. The molecule has 0 saturated carbocycles. The normalized spacial score (nSPS) is 13.1. The first-order valence-corrected chi connectivity index (χ1v) is 9.10. The molecule has 0 fully saturated rings. The number of amides is 2. The number of carbonyl (C=O) groups is 3. The van der Waals surface area contributed by atoms with Gasteiger partial charge in [-0.05, 0) is 35.7 Å². The van der Waals surface area contributed by atoms with Gasteiger partial charge in [0.05, 0.1) is 6.26 Å². The maximum absolute atomic E-state index is 12.3. The fourth-order valence-corrected chi connectivity index (χ4v) is 2.65. The molecule has 2 aromatic rings. The van der Waals surface area contributed by atoms with Crippen molar-refractivity contribution in [2.75, 3.05) is 13.4 Å². The summed E-state index contributed by atoms with van der Waals surface area (Å²) in [6.45, 7) is 3.48. The lowest BCUT2D eigenvalue weighted by molar-refractivity contribution is -0.151. The third-order valence-electron chi connectivity index (χ3n) is 4.22. The Kier molecular flexibility index (Phi) is 6.38. The fraction of sp³-hybridized carbons (Fsp3) is 0.350. The smallest absolute Gasteiger partial charge is 0.329 e. The molecule has 0 saturated heterocycles. The van der Waals surface area contributed by atoms with Crippen LogP contribution in [0.25, 0.3) is 0 Å². The van der Waals surface area contributed by atoms with Crippen LogP contribution >= 0.6 is 0 Å². The first kappa shape index (κ1) is 20.2. The van der Waals surface area contributed by atoms with Crippen molar-refractivity contribution in [1.82, 2.24) is 10.6 Å². The molecule has 1 aromatic heterocycles. The van der Waals surface area contributed by atoms with E-state index in [1.165, 1.54) is 12.3 Å². The molecule has 0 radical (unpaired) electrons. The second-order valence-electron chi connectivity index (χ2n) is 6.74. The molecule has 9 nitrogen and oxygen atoms in total. The lowest BCUT2D eigenvalue weighted by Crippen LogP contribution is -2.46. The van der Waals surface area contributed by atoms with Crippen LogP contribution in [0.1, 0.15) is 30.0 Å². The van der Waals surface area contributed by atoms with E-state index in [0.717, 1.165) is 5.56 Å². The molecular weight excluding hydrogens is 380 g/mol. The van der Waals surface area contributed by atoms with Crippen LogP contribution in [0.2, 0.25) is 0 Å². The van der Waals surface area contributed by atoms with Gasteiger partial charge in [0.2, 0.25) is 6.79 Å². The van der Waals surface area contributed by atoms with E-state index in [1.807, 2.05) is 0 Å². The van der Waals surface area contributed by atoms with Gasteiger partial charge >= 0.3 is 5.97 Å². The van der Waals surface area contributed by atoms with Crippen molar-refractivity contribution in [1.29, 1.82) is 0 Å². The van der Waals surface area contributed by atoms with Gasteiger partial charge in [-0.2, -0.15) is 0 Å². The molecule has 2 N–H and O–H groups in total. The lowest BCUT2D eigenvalue weighted by atomic mass is 10.0. The van der Waals surface area contributed by atoms with E-state index in [2.05, 4.69) is 10.6 Å². The highest BCUT2D eigenvalue weighted by atomic mass is 16.7. The number of nitrogens with one attached hydrogen (secondary N) is 2. The molecule has 1 atom stereocenters. The highest BCUT2D eigenvalue weighted by molar-refractivity contribution is 5.94. The van der Waals surface area contributed by atoms with Gasteiger partial charge in [-0.15, -0.1) is 0 Å². The van der Waals surface area contributed by atoms with E-state index in [9.17, 15) is 14.4 Å². The van der Waals surface area contributed by atoms with E-state index < -0.39 is 30.4 Å². The van der Waals surface area contributed by atoms with Crippen molar-refractivity contribution in [3.05, 3.63) is 47.9 Å². The molecule has 2 heterocycles. The lowest BCUT2D eigenvalue weighted by Gasteiger charge is -2.20. The summed E-state index contributed by atoms with van der Waals surface area (Å²) in [4.78, 5) is 36.4. The van der Waals surface area contributed by atoms with E-state index in [-0.39, 0.29) is 25.0 Å². The minimum atomic E-state index is -0.908. The number of ether oxygens (including phenoxy) is 3. The molecule has 3 rings (SSSR count). The molecule has 0 spiro atoms. The molecule has 29 heavy (non-hydrogen) atoms. The van der Waals surface area contributed by atoms with Crippen LogP contribution in [-0.2, 0) is 20.9 Å². The van der Waals surface area contributed by atoms with Crippen molar-refractivity contribution in [3.63, 3.8) is 0 Å². The number of furan rings is 1. The summed E-state index contributed by atoms with van der Waals surface area (Å²) in [6.07, 6.45) is 1.36. The zero-order valence-corrected chi connectivity index (χ0v) is 16.1. The maximum atomic E-state index is 12.3. The van der Waals surface area contributed by atoms with Crippen molar-refractivity contribution in [2.45, 2.75) is 26.4 Å². The minimum Gasteiger partial charge on any atom is -0.459 e. The van der Waals surface area contributed by atoms with Gasteiger partial charge in [0.1, 0.15) is 6.04 Å². The predicted octanol–water partition coefficient (Wildman–Crippen LogP) is 1.62. The summed E-state index contributed by atoms with van der Waals surface area (Å²) in [7, 11) is 0. The predicted molar refractivity (Wildman–Crippen MR) is 100 cm³/mol. The van der Waals surface area contributed by atoms with Gasteiger partial charge in [-0.3, -0.25) is 9.59 Å². The highest BCUT2D eigenvalue weighted by Crippen LogP contribution is 2.32. The summed E-state index contributed by atoms with van der Waals surface area (Å²) in [6, 6.07) is 7.49. The molecule has 1 aliphatic heterocycles. The Morgan fingerprint density at radius 3 is 2.66 bits per heavy atom. The van der Waals surface area contributed by atoms with Gasteiger partial charge in [0, 0.05) is 6.54 Å². The van der Waals surface area contributed by atoms with Gasteiger partial charge in [-0.1, -0.05) is 19.9 Å². The van der Waals surface area contributed by atoms with E-state index in [1.54, 1.807) is 38.1 Å². The van der Waals surface area contributed by atoms with Crippen LogP contribution in [0.5, 0.6) is 11.5 Å². The highest BCUT2D eigenvalue weighted by Gasteiger charge is 2.27. The average molecular weight is 402 g/mol. The molecule has 2 amide bonds. The third-order valence-corrected chi connectivity index (χ3v) is 4.22. The van der Waals surface area contributed by atoms with Crippen LogP contribution in [0, 0.1) is 5.92 Å². The monoisotopic (exact) mass is 402 g/mol. The Balaban J connectivity index is 1.46. The van der Waals surface area contributed by atoms with Crippen molar-refractivity contribution in [3.8, 4) is 11.5 Å². The first-order valence-electron chi connectivity index (χ1n) is 9.10. The van der Waals surface area contributed by atoms with Crippen LogP contribution in [0.4, 0.5) is 0 Å². The van der Waals surface area contributed by atoms with Crippen molar-refractivity contribution < 1.29 is 33.0 Å². The minimum absolute atomic E-state index is 0.0879. The van der Waals surface area contributed by atoms with Crippen molar-refractivity contribution >= 4 is 17.8 Å². The summed E-state index contributed by atoms with van der Waals surface area (Å²) in [5.41, 5.74) is 0.819. The summed E-state index contributed by atoms with van der Waals surface area (Å²) in [5.74, 6) is -0.560. The molecular formula is C20H22N2O7. The Hall–Kier alpha value is -3.49. The molecule has 0 bridgehead atoms. The summed E-state index contributed by atoms with van der Waals surface area (Å²) >= 11 is 0. The Bertz CT molecular complexity index is 877. The van der Waals surface area contributed by atoms with Crippen LogP contribution in [0.3, 0.4) is 0 Å². The molecule has 1 aromatic carbocycles. The SMILES string of the molecule is CC(C)C(NC(=O)c1ccco1)C(=O)OCC(=O)NCc1ccc2c(c1)OCO2. The zero-order chi connectivity index (χ0) is 20.8. The summed E-state index contributed by atoms with van der Waals surface area (Å²) < 4.78 is 20.6. The van der Waals surface area contributed by atoms with Gasteiger partial charge < -0.3 is 29.3 Å². The largest absolute Gasteiger partial charge is 0.459 e. The maximum Gasteiger partial charge on any atom is 0.329 e. The summed E-state index contributed by atoms with van der Waals surface area (Å²) in [5, 5.41) is 5.22. The van der Waals surface area contributed by atoms with Crippen LogP contribution in [0.15, 0.2) is 41.0 Å². The molecule has 0 aliphatic carbocycles. The molecule has 1 unspecified atom stereocenters. The standard InChI is InChI=1S/C20H22N2O7/c1-12(2)18(22-19(24)15-4-3-7-26-15)20(25)27-10-17(23)21-9-13-5-6-14-16(8-13)29-11-28-14/h3-8,12,18H,9-11H2,1-2H3,(H,21,23)(H,22,24). The van der Waals surface area contributed by atoms with E-state index in [4.69, 9.17) is 18.6 Å². The quantitative estimate of drug-likeness (QED) is 0.645. The Labute approximate surface area is 167 Å². The van der Waals surface area contributed by atoms with Crippen molar-refractivity contribution in [2.24, 2.45) is 5.92 Å². The first-order chi connectivity index (χ1) is 13.9. The van der Waals surface area contributed by atoms with Gasteiger partial charge in [0.15, 0.2) is 23.9 Å². The Morgan fingerprint density at radius 1 is 1.14 bits per heavy atom. The van der Waals surface area contributed by atoms with Crippen LogP contribution < -0.4 is 20.1 Å². The average Bonchev–Trinajstić information content (AvgIpc) is 3.39. The van der Waals surface area contributed by atoms with Gasteiger partial charge in [-0.25, -0.2) is 4.79 Å². The number of rotatable bonds is 8.